The number of hydrogen-bond donors (Lipinski definition) is 1. The molecule has 1 aromatic rings. The highest BCUT2D eigenvalue weighted by Crippen LogP contribution is 2.20. The molecule has 0 saturated heterocycles. The molecular formula is C13H18N2O. The lowest BCUT2D eigenvalue weighted by atomic mass is 10.1. The van der Waals surface area contributed by atoms with Crippen LogP contribution in [-0.2, 0) is 13.0 Å². The van der Waals surface area contributed by atoms with E-state index in [-0.39, 0.29) is 6.04 Å². The van der Waals surface area contributed by atoms with E-state index in [0.717, 1.165) is 17.7 Å². The Morgan fingerprint density at radius 3 is 2.81 bits per heavy atom. The Morgan fingerprint density at radius 2 is 2.25 bits per heavy atom. The first-order chi connectivity index (χ1) is 7.71. The van der Waals surface area contributed by atoms with Crippen LogP contribution in [0.5, 0.6) is 5.75 Å². The molecule has 0 aliphatic rings. The third kappa shape index (κ3) is 3.25. The molecule has 3 nitrogen and oxygen atoms in total. The van der Waals surface area contributed by atoms with Crippen molar-refractivity contribution in [3.63, 3.8) is 0 Å². The van der Waals surface area contributed by atoms with Gasteiger partial charge < -0.3 is 4.74 Å². The predicted molar refractivity (Wildman–Crippen MR) is 64.3 cm³/mol. The number of benzene rings is 1. The van der Waals surface area contributed by atoms with E-state index in [1.807, 2.05) is 13.0 Å². The van der Waals surface area contributed by atoms with Gasteiger partial charge in [-0.1, -0.05) is 19.1 Å². The highest BCUT2D eigenvalue weighted by molar-refractivity contribution is 5.37. The number of aryl methyl sites for hydroxylation is 1. The van der Waals surface area contributed by atoms with Crippen LogP contribution in [0, 0.1) is 11.3 Å². The molecule has 0 radical (unpaired) electrons. The molecule has 0 fully saturated rings. The molecule has 3 heteroatoms. The Hall–Kier alpha value is -1.53. The normalized spacial score (nSPS) is 11.9. The predicted octanol–water partition coefficient (Wildman–Crippen LogP) is 2.26. The van der Waals surface area contributed by atoms with Gasteiger partial charge in [-0.3, -0.25) is 5.32 Å². The van der Waals surface area contributed by atoms with E-state index in [0.29, 0.717) is 6.54 Å². The summed E-state index contributed by atoms with van der Waals surface area (Å²) in [6.45, 7) is 4.62. The van der Waals surface area contributed by atoms with Crippen LogP contribution in [0.3, 0.4) is 0 Å². The minimum Gasteiger partial charge on any atom is -0.496 e. The van der Waals surface area contributed by atoms with Gasteiger partial charge in [0.25, 0.3) is 0 Å². The quantitative estimate of drug-likeness (QED) is 0.824. The second-order valence-electron chi connectivity index (χ2n) is 3.73. The molecule has 1 N–H and O–H groups in total. The van der Waals surface area contributed by atoms with Crippen molar-refractivity contribution < 1.29 is 4.74 Å². The number of hydrogen-bond acceptors (Lipinski definition) is 3. The number of rotatable bonds is 5. The van der Waals surface area contributed by atoms with Crippen molar-refractivity contribution in [2.45, 2.75) is 32.9 Å². The molecular weight excluding hydrogens is 200 g/mol. The maximum Gasteiger partial charge on any atom is 0.123 e. The number of nitrogens with one attached hydrogen (secondary N) is 1. The molecule has 0 aliphatic carbocycles. The fraction of sp³-hybridized carbons (Fsp3) is 0.462. The van der Waals surface area contributed by atoms with Crippen molar-refractivity contribution in [2.75, 3.05) is 7.11 Å². The fourth-order valence-corrected chi connectivity index (χ4v) is 1.50. The average molecular weight is 218 g/mol. The lowest BCUT2D eigenvalue weighted by Crippen LogP contribution is -2.23. The van der Waals surface area contributed by atoms with E-state index in [9.17, 15) is 0 Å². The molecule has 16 heavy (non-hydrogen) atoms. The first-order valence-corrected chi connectivity index (χ1v) is 5.50. The Kier molecular flexibility index (Phi) is 4.81. The number of nitriles is 1. The minimum absolute atomic E-state index is 0.144. The van der Waals surface area contributed by atoms with Crippen molar-refractivity contribution in [1.29, 1.82) is 5.26 Å². The molecule has 86 valence electrons. The van der Waals surface area contributed by atoms with E-state index in [4.69, 9.17) is 10.00 Å². The smallest absolute Gasteiger partial charge is 0.123 e. The summed E-state index contributed by atoms with van der Waals surface area (Å²) in [5.41, 5.74) is 2.38. The Balaban J connectivity index is 2.79. The van der Waals surface area contributed by atoms with Crippen LogP contribution < -0.4 is 10.1 Å². The molecule has 0 spiro atoms. The zero-order chi connectivity index (χ0) is 12.0. The highest BCUT2D eigenvalue weighted by atomic mass is 16.5. The summed E-state index contributed by atoms with van der Waals surface area (Å²) in [7, 11) is 1.66. The van der Waals surface area contributed by atoms with Gasteiger partial charge in [0.1, 0.15) is 5.75 Å². The van der Waals surface area contributed by atoms with E-state index >= 15 is 0 Å². The van der Waals surface area contributed by atoms with Gasteiger partial charge in [-0.2, -0.15) is 5.26 Å². The van der Waals surface area contributed by atoms with E-state index < -0.39 is 0 Å². The Labute approximate surface area is 97.0 Å². The SMILES string of the molecule is CCc1ccc(OC)c(CNC(C)C#N)c1. The van der Waals surface area contributed by atoms with Gasteiger partial charge >= 0.3 is 0 Å². The summed E-state index contributed by atoms with van der Waals surface area (Å²) < 4.78 is 5.29. The van der Waals surface area contributed by atoms with Gasteiger partial charge in [-0.25, -0.2) is 0 Å². The summed E-state index contributed by atoms with van der Waals surface area (Å²) >= 11 is 0. The summed E-state index contributed by atoms with van der Waals surface area (Å²) in [5, 5.41) is 11.8. The second-order valence-corrected chi connectivity index (χ2v) is 3.73. The molecule has 1 atom stereocenters. The van der Waals surface area contributed by atoms with Crippen LogP contribution in [0.25, 0.3) is 0 Å². The third-order valence-electron chi connectivity index (χ3n) is 2.55. The Morgan fingerprint density at radius 1 is 1.50 bits per heavy atom. The van der Waals surface area contributed by atoms with Gasteiger partial charge in [0, 0.05) is 12.1 Å². The average Bonchev–Trinajstić information content (AvgIpc) is 2.35. The molecule has 1 aromatic carbocycles. The topological polar surface area (TPSA) is 45.0 Å². The monoisotopic (exact) mass is 218 g/mol. The van der Waals surface area contributed by atoms with Crippen LogP contribution in [0.1, 0.15) is 25.0 Å². The van der Waals surface area contributed by atoms with Gasteiger partial charge in [0.2, 0.25) is 0 Å². The Bertz CT molecular complexity index is 382. The molecule has 1 unspecified atom stereocenters. The molecule has 1 rings (SSSR count). The van der Waals surface area contributed by atoms with Crippen molar-refractivity contribution in [3.05, 3.63) is 29.3 Å². The maximum absolute atomic E-state index is 8.70. The molecule has 0 aromatic heterocycles. The maximum atomic E-state index is 8.70. The molecule has 0 bridgehead atoms. The zero-order valence-corrected chi connectivity index (χ0v) is 10.1. The summed E-state index contributed by atoms with van der Waals surface area (Å²) in [6.07, 6.45) is 1.00. The highest BCUT2D eigenvalue weighted by Gasteiger charge is 2.05. The van der Waals surface area contributed by atoms with Gasteiger partial charge in [0.05, 0.1) is 19.2 Å². The molecule has 0 saturated carbocycles. The third-order valence-corrected chi connectivity index (χ3v) is 2.55. The minimum atomic E-state index is -0.144. The first kappa shape index (κ1) is 12.5. The molecule has 0 heterocycles. The second kappa shape index (κ2) is 6.14. The fourth-order valence-electron chi connectivity index (χ4n) is 1.50. The van der Waals surface area contributed by atoms with E-state index in [2.05, 4.69) is 30.4 Å². The van der Waals surface area contributed by atoms with Crippen LogP contribution in [-0.4, -0.2) is 13.2 Å². The van der Waals surface area contributed by atoms with E-state index in [1.54, 1.807) is 7.11 Å². The van der Waals surface area contributed by atoms with Crippen LogP contribution >= 0.6 is 0 Å². The summed E-state index contributed by atoms with van der Waals surface area (Å²) in [5.74, 6) is 0.870. The zero-order valence-electron chi connectivity index (χ0n) is 10.1. The standard InChI is InChI=1S/C13H18N2O/c1-4-11-5-6-13(16-3)12(7-11)9-15-10(2)8-14/h5-7,10,15H,4,9H2,1-3H3. The van der Waals surface area contributed by atoms with Gasteiger partial charge in [0.15, 0.2) is 0 Å². The largest absolute Gasteiger partial charge is 0.496 e. The number of nitrogens with zero attached hydrogens (tertiary/aromatic N) is 1. The van der Waals surface area contributed by atoms with Gasteiger partial charge in [-0.15, -0.1) is 0 Å². The van der Waals surface area contributed by atoms with Crippen LogP contribution in [0.4, 0.5) is 0 Å². The lowest BCUT2D eigenvalue weighted by Gasteiger charge is -2.12. The first-order valence-electron chi connectivity index (χ1n) is 5.50. The van der Waals surface area contributed by atoms with Crippen LogP contribution in [0.2, 0.25) is 0 Å². The lowest BCUT2D eigenvalue weighted by molar-refractivity contribution is 0.407. The van der Waals surface area contributed by atoms with E-state index in [1.165, 1.54) is 5.56 Å². The summed E-state index contributed by atoms with van der Waals surface area (Å²) in [4.78, 5) is 0. The number of methoxy groups -OCH3 is 1. The van der Waals surface area contributed by atoms with Crippen molar-refractivity contribution >= 4 is 0 Å². The number of ether oxygens (including phenoxy) is 1. The van der Waals surface area contributed by atoms with Crippen LogP contribution in [0.15, 0.2) is 18.2 Å². The van der Waals surface area contributed by atoms with Crippen molar-refractivity contribution in [2.24, 2.45) is 0 Å². The molecule has 0 amide bonds. The van der Waals surface area contributed by atoms with Crippen molar-refractivity contribution in [1.82, 2.24) is 5.32 Å². The van der Waals surface area contributed by atoms with Gasteiger partial charge in [-0.05, 0) is 25.0 Å². The molecule has 0 aliphatic heterocycles. The van der Waals surface area contributed by atoms with Crippen molar-refractivity contribution in [3.8, 4) is 11.8 Å². The summed E-state index contributed by atoms with van der Waals surface area (Å²) in [6, 6.07) is 8.17.